The number of nitrogens with one attached hydrogen (secondary N) is 2. The van der Waals surface area contributed by atoms with Crippen molar-refractivity contribution in [2.75, 3.05) is 19.3 Å². The first-order chi connectivity index (χ1) is 6.45. The quantitative estimate of drug-likeness (QED) is 0.462. The Morgan fingerprint density at radius 1 is 1.43 bits per heavy atom. The summed E-state index contributed by atoms with van der Waals surface area (Å²) in [7, 11) is -3.05. The molecule has 0 aromatic carbocycles. The van der Waals surface area contributed by atoms with E-state index in [0.717, 1.165) is 19.1 Å². The van der Waals surface area contributed by atoms with Gasteiger partial charge in [-0.15, -0.1) is 6.58 Å². The lowest BCUT2D eigenvalue weighted by atomic mass is 10.2. The van der Waals surface area contributed by atoms with Crippen molar-refractivity contribution in [1.29, 1.82) is 0 Å². The normalized spacial score (nSPS) is 13.9. The first-order valence-electron chi connectivity index (χ1n) is 4.74. The summed E-state index contributed by atoms with van der Waals surface area (Å²) in [5, 5.41) is 3.22. The Labute approximate surface area is 86.8 Å². The summed E-state index contributed by atoms with van der Waals surface area (Å²) in [5.74, 6) is 0. The van der Waals surface area contributed by atoms with Crippen LogP contribution in [0.4, 0.5) is 0 Å². The van der Waals surface area contributed by atoms with Gasteiger partial charge >= 0.3 is 0 Å². The fourth-order valence-electron chi connectivity index (χ4n) is 1.02. The number of allylic oxidation sites excluding steroid dienone is 1. The molecule has 1 atom stereocenters. The molecule has 4 nitrogen and oxygen atoms in total. The smallest absolute Gasteiger partial charge is 0.208 e. The highest BCUT2D eigenvalue weighted by Crippen LogP contribution is 1.95. The largest absolute Gasteiger partial charge is 0.313 e. The van der Waals surface area contributed by atoms with Gasteiger partial charge in [0.05, 0.1) is 6.26 Å². The molecule has 0 heterocycles. The van der Waals surface area contributed by atoms with E-state index in [1.54, 1.807) is 0 Å². The molecule has 0 aliphatic carbocycles. The van der Waals surface area contributed by atoms with Gasteiger partial charge in [-0.05, 0) is 19.8 Å². The van der Waals surface area contributed by atoms with Crippen molar-refractivity contribution in [3.63, 3.8) is 0 Å². The average molecular weight is 220 g/mol. The van der Waals surface area contributed by atoms with Crippen molar-refractivity contribution in [2.45, 2.75) is 25.8 Å². The molecule has 0 aliphatic heterocycles. The summed E-state index contributed by atoms with van der Waals surface area (Å²) >= 11 is 0. The second-order valence-corrected chi connectivity index (χ2v) is 5.22. The predicted octanol–water partition coefficient (Wildman–Crippen LogP) is 0.480. The Hall–Kier alpha value is -0.390. The maximum Gasteiger partial charge on any atom is 0.208 e. The zero-order valence-corrected chi connectivity index (χ0v) is 9.73. The van der Waals surface area contributed by atoms with Crippen LogP contribution < -0.4 is 10.0 Å². The van der Waals surface area contributed by atoms with Crippen molar-refractivity contribution in [2.24, 2.45) is 0 Å². The molecule has 14 heavy (non-hydrogen) atoms. The third-order valence-corrected chi connectivity index (χ3v) is 2.51. The van der Waals surface area contributed by atoms with E-state index >= 15 is 0 Å². The van der Waals surface area contributed by atoms with Crippen LogP contribution >= 0.6 is 0 Å². The Kier molecular flexibility index (Phi) is 6.78. The van der Waals surface area contributed by atoms with E-state index < -0.39 is 10.0 Å². The topological polar surface area (TPSA) is 58.2 Å². The maximum atomic E-state index is 10.7. The molecule has 0 saturated carbocycles. The van der Waals surface area contributed by atoms with Gasteiger partial charge in [0.2, 0.25) is 10.0 Å². The van der Waals surface area contributed by atoms with Gasteiger partial charge in [0.1, 0.15) is 0 Å². The van der Waals surface area contributed by atoms with Gasteiger partial charge in [-0.1, -0.05) is 6.08 Å². The second-order valence-electron chi connectivity index (χ2n) is 3.39. The molecular formula is C9H20N2O2S. The lowest BCUT2D eigenvalue weighted by Gasteiger charge is -2.12. The van der Waals surface area contributed by atoms with E-state index in [2.05, 4.69) is 23.5 Å². The van der Waals surface area contributed by atoms with E-state index in [1.165, 1.54) is 0 Å². The zero-order valence-electron chi connectivity index (χ0n) is 8.91. The number of hydrogen-bond donors (Lipinski definition) is 2. The Morgan fingerprint density at radius 3 is 2.57 bits per heavy atom. The fourth-order valence-corrected chi connectivity index (χ4v) is 1.50. The highest BCUT2D eigenvalue weighted by atomic mass is 32.2. The van der Waals surface area contributed by atoms with Crippen LogP contribution in [0.15, 0.2) is 12.7 Å². The van der Waals surface area contributed by atoms with Gasteiger partial charge in [0.15, 0.2) is 0 Å². The predicted molar refractivity (Wildman–Crippen MR) is 59.7 cm³/mol. The molecular weight excluding hydrogens is 200 g/mol. The summed E-state index contributed by atoms with van der Waals surface area (Å²) in [4.78, 5) is 0. The van der Waals surface area contributed by atoms with Gasteiger partial charge in [0.25, 0.3) is 0 Å². The highest BCUT2D eigenvalue weighted by molar-refractivity contribution is 7.88. The van der Waals surface area contributed by atoms with E-state index in [9.17, 15) is 8.42 Å². The van der Waals surface area contributed by atoms with E-state index in [-0.39, 0.29) is 0 Å². The number of rotatable bonds is 8. The molecule has 0 bridgehead atoms. The molecule has 0 radical (unpaired) electrons. The minimum Gasteiger partial charge on any atom is -0.313 e. The van der Waals surface area contributed by atoms with Crippen molar-refractivity contribution in [3.8, 4) is 0 Å². The van der Waals surface area contributed by atoms with Crippen LogP contribution in [-0.4, -0.2) is 33.8 Å². The first-order valence-corrected chi connectivity index (χ1v) is 6.63. The zero-order chi connectivity index (χ0) is 11.0. The summed E-state index contributed by atoms with van der Waals surface area (Å²) < 4.78 is 23.8. The van der Waals surface area contributed by atoms with E-state index in [4.69, 9.17) is 0 Å². The summed E-state index contributed by atoms with van der Waals surface area (Å²) in [6.07, 6.45) is 5.05. The summed E-state index contributed by atoms with van der Waals surface area (Å²) in [6.45, 7) is 6.82. The molecule has 0 aliphatic rings. The van der Waals surface area contributed by atoms with Crippen molar-refractivity contribution < 1.29 is 8.42 Å². The average Bonchev–Trinajstić information content (AvgIpc) is 2.07. The van der Waals surface area contributed by atoms with Gasteiger partial charge in [0, 0.05) is 19.1 Å². The van der Waals surface area contributed by atoms with Crippen LogP contribution in [0, 0.1) is 0 Å². The first kappa shape index (κ1) is 13.6. The molecule has 0 rings (SSSR count). The minimum atomic E-state index is -3.05. The SMILES string of the molecule is C=CCCC(C)NCCNS(C)(=O)=O. The Morgan fingerprint density at radius 2 is 2.07 bits per heavy atom. The lowest BCUT2D eigenvalue weighted by Crippen LogP contribution is -2.35. The molecule has 2 N–H and O–H groups in total. The molecule has 1 unspecified atom stereocenters. The van der Waals surface area contributed by atoms with E-state index in [1.807, 2.05) is 6.08 Å². The molecule has 5 heteroatoms. The second kappa shape index (κ2) is 6.98. The van der Waals surface area contributed by atoms with Crippen LogP contribution in [0.5, 0.6) is 0 Å². The number of hydrogen-bond acceptors (Lipinski definition) is 3. The third kappa shape index (κ3) is 9.70. The summed E-state index contributed by atoms with van der Waals surface area (Å²) in [5.41, 5.74) is 0. The molecule has 84 valence electrons. The molecule has 0 aromatic heterocycles. The van der Waals surface area contributed by atoms with Crippen LogP contribution in [-0.2, 0) is 10.0 Å². The summed E-state index contributed by atoms with van der Waals surface area (Å²) in [6, 6.07) is 0.398. The third-order valence-electron chi connectivity index (χ3n) is 1.79. The van der Waals surface area contributed by atoms with Crippen LogP contribution in [0.2, 0.25) is 0 Å². The van der Waals surface area contributed by atoms with Gasteiger partial charge < -0.3 is 5.32 Å². The highest BCUT2D eigenvalue weighted by Gasteiger charge is 2.01. The number of sulfonamides is 1. The van der Waals surface area contributed by atoms with Crippen LogP contribution in [0.25, 0.3) is 0 Å². The molecule has 0 amide bonds. The Bertz CT molecular complexity index is 250. The van der Waals surface area contributed by atoms with Gasteiger partial charge in [-0.2, -0.15) is 0 Å². The standard InChI is InChI=1S/C9H20N2O2S/c1-4-5-6-9(2)10-7-8-11-14(3,12)13/h4,9-11H,1,5-8H2,2-3H3. The van der Waals surface area contributed by atoms with Crippen molar-refractivity contribution >= 4 is 10.0 Å². The van der Waals surface area contributed by atoms with Crippen molar-refractivity contribution in [3.05, 3.63) is 12.7 Å². The maximum absolute atomic E-state index is 10.7. The van der Waals surface area contributed by atoms with Gasteiger partial charge in [-0.25, -0.2) is 13.1 Å². The monoisotopic (exact) mass is 220 g/mol. The minimum absolute atomic E-state index is 0.398. The van der Waals surface area contributed by atoms with Gasteiger partial charge in [-0.3, -0.25) is 0 Å². The molecule has 0 fully saturated rings. The molecule has 0 saturated heterocycles. The van der Waals surface area contributed by atoms with E-state index in [0.29, 0.717) is 19.1 Å². The Balaban J connectivity index is 3.40. The fraction of sp³-hybridized carbons (Fsp3) is 0.778. The van der Waals surface area contributed by atoms with Crippen molar-refractivity contribution in [1.82, 2.24) is 10.0 Å². The molecule has 0 aromatic rings. The van der Waals surface area contributed by atoms with Crippen LogP contribution in [0.3, 0.4) is 0 Å². The molecule has 0 spiro atoms. The van der Waals surface area contributed by atoms with Crippen LogP contribution in [0.1, 0.15) is 19.8 Å². The lowest BCUT2D eigenvalue weighted by molar-refractivity contribution is 0.516.